The van der Waals surface area contributed by atoms with E-state index in [4.69, 9.17) is 4.74 Å². The van der Waals surface area contributed by atoms with Gasteiger partial charge in [-0.15, -0.1) is 0 Å². The highest BCUT2D eigenvalue weighted by Gasteiger charge is 2.16. The van der Waals surface area contributed by atoms with E-state index in [1.165, 1.54) is 6.07 Å². The van der Waals surface area contributed by atoms with Crippen LogP contribution >= 0.6 is 0 Å². The van der Waals surface area contributed by atoms with Crippen LogP contribution in [0, 0.1) is 11.6 Å². The van der Waals surface area contributed by atoms with Gasteiger partial charge in [0.05, 0.1) is 5.69 Å². The van der Waals surface area contributed by atoms with Crippen LogP contribution < -0.4 is 5.32 Å². The molecule has 15 heavy (non-hydrogen) atoms. The molecule has 1 fully saturated rings. The van der Waals surface area contributed by atoms with Crippen LogP contribution in [0.5, 0.6) is 0 Å². The molecule has 0 radical (unpaired) electrons. The number of hydrogen-bond donors (Lipinski definition) is 1. The van der Waals surface area contributed by atoms with Crippen molar-refractivity contribution in [2.24, 2.45) is 0 Å². The van der Waals surface area contributed by atoms with Gasteiger partial charge < -0.3 is 10.1 Å². The number of ether oxygens (including phenoxy) is 1. The minimum Gasteiger partial charge on any atom is -0.381 e. The average Bonchev–Trinajstić information content (AvgIpc) is 2.26. The molecule has 1 aliphatic rings. The van der Waals surface area contributed by atoms with Gasteiger partial charge in [0, 0.05) is 19.3 Å². The molecule has 4 heteroatoms. The lowest BCUT2D eigenvalue weighted by atomic mass is 10.1. The predicted molar refractivity (Wildman–Crippen MR) is 53.8 cm³/mol. The minimum absolute atomic E-state index is 0.176. The molecule has 1 heterocycles. The molecule has 82 valence electrons. The van der Waals surface area contributed by atoms with Crippen LogP contribution in [0.3, 0.4) is 0 Å². The predicted octanol–water partition coefficient (Wildman–Crippen LogP) is 2.56. The van der Waals surface area contributed by atoms with Crippen LogP contribution in [0.2, 0.25) is 0 Å². The molecule has 0 unspecified atom stereocenters. The van der Waals surface area contributed by atoms with Crippen molar-refractivity contribution in [2.75, 3.05) is 18.5 Å². The second-order valence-electron chi connectivity index (χ2n) is 3.63. The molecule has 0 spiro atoms. The normalized spacial score (nSPS) is 17.7. The monoisotopic (exact) mass is 213 g/mol. The van der Waals surface area contributed by atoms with Crippen molar-refractivity contribution in [1.29, 1.82) is 0 Å². The van der Waals surface area contributed by atoms with Gasteiger partial charge in [0.1, 0.15) is 0 Å². The fourth-order valence-corrected chi connectivity index (χ4v) is 1.68. The van der Waals surface area contributed by atoms with Crippen LogP contribution in [-0.2, 0) is 4.74 Å². The highest BCUT2D eigenvalue weighted by Crippen LogP contribution is 2.20. The van der Waals surface area contributed by atoms with Crippen LogP contribution in [0.15, 0.2) is 18.2 Å². The summed E-state index contributed by atoms with van der Waals surface area (Å²) in [7, 11) is 0. The maximum absolute atomic E-state index is 13.3. The fraction of sp³-hybridized carbons (Fsp3) is 0.455. The molecule has 0 atom stereocenters. The van der Waals surface area contributed by atoms with Crippen molar-refractivity contribution in [3.8, 4) is 0 Å². The van der Waals surface area contributed by atoms with E-state index in [2.05, 4.69) is 5.32 Å². The number of benzene rings is 1. The van der Waals surface area contributed by atoms with E-state index in [1.54, 1.807) is 6.07 Å². The second-order valence-corrected chi connectivity index (χ2v) is 3.63. The minimum atomic E-state index is -0.813. The van der Waals surface area contributed by atoms with Gasteiger partial charge in [-0.05, 0) is 25.0 Å². The Morgan fingerprint density at radius 3 is 2.67 bits per heavy atom. The molecule has 0 bridgehead atoms. The molecule has 2 rings (SSSR count). The summed E-state index contributed by atoms with van der Waals surface area (Å²) in [5, 5.41) is 2.99. The Hall–Kier alpha value is -1.16. The quantitative estimate of drug-likeness (QED) is 0.815. The summed E-state index contributed by atoms with van der Waals surface area (Å²) in [4.78, 5) is 0. The first kappa shape index (κ1) is 10.4. The van der Waals surface area contributed by atoms with Crippen LogP contribution in [-0.4, -0.2) is 19.3 Å². The number of anilines is 1. The smallest absolute Gasteiger partial charge is 0.181 e. The molecule has 1 saturated heterocycles. The molecule has 0 aliphatic carbocycles. The van der Waals surface area contributed by atoms with Crippen molar-refractivity contribution in [3.05, 3.63) is 29.8 Å². The zero-order valence-electron chi connectivity index (χ0n) is 8.30. The van der Waals surface area contributed by atoms with E-state index < -0.39 is 11.6 Å². The second kappa shape index (κ2) is 4.57. The van der Waals surface area contributed by atoms with Crippen LogP contribution in [0.25, 0.3) is 0 Å². The van der Waals surface area contributed by atoms with Gasteiger partial charge in [-0.25, -0.2) is 8.78 Å². The molecule has 1 aromatic carbocycles. The van der Waals surface area contributed by atoms with E-state index in [-0.39, 0.29) is 11.7 Å². The largest absolute Gasteiger partial charge is 0.381 e. The zero-order valence-corrected chi connectivity index (χ0v) is 8.30. The van der Waals surface area contributed by atoms with Gasteiger partial charge in [0.15, 0.2) is 11.6 Å². The van der Waals surface area contributed by atoms with E-state index in [1.807, 2.05) is 0 Å². The number of halogens is 2. The Morgan fingerprint density at radius 2 is 1.93 bits per heavy atom. The molecule has 0 aromatic heterocycles. The average molecular weight is 213 g/mol. The van der Waals surface area contributed by atoms with E-state index >= 15 is 0 Å². The Kier molecular flexibility index (Phi) is 3.16. The third kappa shape index (κ3) is 2.45. The van der Waals surface area contributed by atoms with Gasteiger partial charge in [0.2, 0.25) is 0 Å². The first-order valence-electron chi connectivity index (χ1n) is 5.05. The molecule has 1 aliphatic heterocycles. The van der Waals surface area contributed by atoms with Gasteiger partial charge in [0.25, 0.3) is 0 Å². The Bertz CT molecular complexity index is 337. The van der Waals surface area contributed by atoms with Crippen LogP contribution in [0.4, 0.5) is 14.5 Å². The molecule has 0 saturated carbocycles. The van der Waals surface area contributed by atoms with Gasteiger partial charge in [-0.1, -0.05) is 6.07 Å². The summed E-state index contributed by atoms with van der Waals surface area (Å²) in [6, 6.07) is 4.34. The molecular weight excluding hydrogens is 200 g/mol. The van der Waals surface area contributed by atoms with Crippen molar-refractivity contribution < 1.29 is 13.5 Å². The van der Waals surface area contributed by atoms with Crippen LogP contribution in [0.1, 0.15) is 12.8 Å². The summed E-state index contributed by atoms with van der Waals surface area (Å²) in [6.45, 7) is 1.35. The van der Waals surface area contributed by atoms with Crippen molar-refractivity contribution in [3.63, 3.8) is 0 Å². The molecule has 1 aromatic rings. The maximum Gasteiger partial charge on any atom is 0.181 e. The van der Waals surface area contributed by atoms with Gasteiger partial charge in [-0.3, -0.25) is 0 Å². The van der Waals surface area contributed by atoms with E-state index in [0.717, 1.165) is 18.9 Å². The summed E-state index contributed by atoms with van der Waals surface area (Å²) >= 11 is 0. The lowest BCUT2D eigenvalue weighted by molar-refractivity contribution is 0.0904. The standard InChI is InChI=1S/C11H13F2NO/c12-9-2-1-3-10(11(9)13)14-8-4-6-15-7-5-8/h1-3,8,14H,4-7H2. The van der Waals surface area contributed by atoms with Gasteiger partial charge in [-0.2, -0.15) is 0 Å². The number of rotatable bonds is 2. The third-order valence-corrected chi connectivity index (χ3v) is 2.53. The van der Waals surface area contributed by atoms with Crippen molar-refractivity contribution in [2.45, 2.75) is 18.9 Å². The fourth-order valence-electron chi connectivity index (χ4n) is 1.68. The molecule has 1 N–H and O–H groups in total. The summed E-state index contributed by atoms with van der Waals surface area (Å²) in [5.41, 5.74) is 0.238. The Balaban J connectivity index is 2.06. The lowest BCUT2D eigenvalue weighted by Crippen LogP contribution is -2.28. The molecule has 2 nitrogen and oxygen atoms in total. The van der Waals surface area contributed by atoms with Crippen molar-refractivity contribution >= 4 is 5.69 Å². The molecule has 0 amide bonds. The Labute approximate surface area is 87.2 Å². The Morgan fingerprint density at radius 1 is 1.20 bits per heavy atom. The van der Waals surface area contributed by atoms with E-state index in [9.17, 15) is 8.78 Å². The topological polar surface area (TPSA) is 21.3 Å². The SMILES string of the molecule is Fc1cccc(NC2CCOCC2)c1F. The first-order valence-corrected chi connectivity index (χ1v) is 5.05. The van der Waals surface area contributed by atoms with E-state index in [0.29, 0.717) is 13.2 Å². The summed E-state index contributed by atoms with van der Waals surface area (Å²) < 4.78 is 31.4. The maximum atomic E-state index is 13.3. The highest BCUT2D eigenvalue weighted by molar-refractivity contribution is 5.45. The summed E-state index contributed by atoms with van der Waals surface area (Å²) in [6.07, 6.45) is 1.66. The first-order chi connectivity index (χ1) is 7.27. The number of nitrogens with one attached hydrogen (secondary N) is 1. The highest BCUT2D eigenvalue weighted by atomic mass is 19.2. The van der Waals surface area contributed by atoms with Gasteiger partial charge >= 0.3 is 0 Å². The summed E-state index contributed by atoms with van der Waals surface area (Å²) in [5.74, 6) is -1.61. The third-order valence-electron chi connectivity index (χ3n) is 2.53. The lowest BCUT2D eigenvalue weighted by Gasteiger charge is -2.24. The number of hydrogen-bond acceptors (Lipinski definition) is 2. The van der Waals surface area contributed by atoms with Crippen molar-refractivity contribution in [1.82, 2.24) is 0 Å². The zero-order chi connectivity index (χ0) is 10.7. The molecular formula is C11H13F2NO.